The molecule has 0 aliphatic heterocycles. The third kappa shape index (κ3) is 1.60. The fourth-order valence-corrected chi connectivity index (χ4v) is 0.873. The Morgan fingerprint density at radius 1 is 1.50 bits per heavy atom. The number of rotatable bonds is 2. The van der Waals surface area contributed by atoms with E-state index in [0.717, 1.165) is 13.7 Å². The Balaban J connectivity index is 2.80. The summed E-state index contributed by atoms with van der Waals surface area (Å²) < 4.78 is 0. The fraction of sp³-hybridized carbons (Fsp3) is 0.375. The van der Waals surface area contributed by atoms with E-state index in [9.17, 15) is 0 Å². The quantitative estimate of drug-likeness (QED) is 0.542. The van der Waals surface area contributed by atoms with Crippen LogP contribution >= 0.6 is 0 Å². The zero-order valence-electron chi connectivity index (χ0n) is 6.59. The molecule has 0 saturated carbocycles. The molecule has 0 amide bonds. The van der Waals surface area contributed by atoms with Crippen LogP contribution < -0.4 is 5.59 Å². The van der Waals surface area contributed by atoms with E-state index < -0.39 is 0 Å². The van der Waals surface area contributed by atoms with Gasteiger partial charge in [-0.2, -0.15) is 0 Å². The normalized spacial score (nSPS) is 9.40. The van der Waals surface area contributed by atoms with Crippen LogP contribution in [0.25, 0.3) is 0 Å². The van der Waals surface area contributed by atoms with Crippen molar-refractivity contribution >= 4 is 12.9 Å². The van der Waals surface area contributed by atoms with E-state index >= 15 is 0 Å². The maximum absolute atomic E-state index is 4.27. The Labute approximate surface area is 62.7 Å². The number of pyridine rings is 1. The van der Waals surface area contributed by atoms with E-state index in [1.165, 1.54) is 11.2 Å². The van der Waals surface area contributed by atoms with Crippen molar-refractivity contribution in [2.75, 3.05) is 0 Å². The summed E-state index contributed by atoms with van der Waals surface area (Å²) in [6.45, 7) is 4.26. The molecule has 52 valence electrons. The highest BCUT2D eigenvalue weighted by Gasteiger charge is 1.90. The number of hydrogen-bond donors (Lipinski definition) is 0. The molecule has 0 aliphatic rings. The molecule has 0 radical (unpaired) electrons. The molecule has 0 fully saturated rings. The second-order valence-corrected chi connectivity index (χ2v) is 2.36. The molecule has 0 aromatic carbocycles. The standard InChI is InChI=1S/C8H12BN/c1-3-7-4-5-8(9-2)10-6-7/h4-6,9H,3H2,1-2H3. The topological polar surface area (TPSA) is 12.9 Å². The van der Waals surface area contributed by atoms with Crippen LogP contribution in [0.1, 0.15) is 12.5 Å². The van der Waals surface area contributed by atoms with Crippen molar-refractivity contribution in [3.05, 3.63) is 23.9 Å². The maximum Gasteiger partial charge on any atom is 0.179 e. The summed E-state index contributed by atoms with van der Waals surface area (Å²) in [4.78, 5) is 4.27. The van der Waals surface area contributed by atoms with E-state index in [1.807, 2.05) is 6.20 Å². The van der Waals surface area contributed by atoms with Gasteiger partial charge in [0, 0.05) is 6.20 Å². The van der Waals surface area contributed by atoms with Crippen LogP contribution in [0, 0.1) is 0 Å². The molecule has 0 saturated heterocycles. The number of hydrogen-bond acceptors (Lipinski definition) is 1. The molecule has 0 N–H and O–H groups in total. The van der Waals surface area contributed by atoms with Crippen molar-refractivity contribution in [1.29, 1.82) is 0 Å². The zero-order valence-corrected chi connectivity index (χ0v) is 6.59. The molecule has 1 rings (SSSR count). The summed E-state index contributed by atoms with van der Waals surface area (Å²) >= 11 is 0. The largest absolute Gasteiger partial charge is 0.271 e. The predicted octanol–water partition coefficient (Wildman–Crippen LogP) is 0.754. The lowest BCUT2D eigenvalue weighted by Gasteiger charge is -1.96. The first-order valence-electron chi connectivity index (χ1n) is 3.80. The second-order valence-electron chi connectivity index (χ2n) is 2.36. The molecule has 10 heavy (non-hydrogen) atoms. The van der Waals surface area contributed by atoms with Gasteiger partial charge in [-0.3, -0.25) is 4.98 Å². The lowest BCUT2D eigenvalue weighted by atomic mass is 9.77. The molecule has 1 aromatic rings. The van der Waals surface area contributed by atoms with Gasteiger partial charge in [-0.15, -0.1) is 0 Å². The first kappa shape index (κ1) is 7.32. The van der Waals surface area contributed by atoms with Crippen molar-refractivity contribution in [3.8, 4) is 0 Å². The summed E-state index contributed by atoms with van der Waals surface area (Å²) in [7, 11) is 1.03. The molecule has 0 spiro atoms. The predicted molar refractivity (Wildman–Crippen MR) is 46.3 cm³/mol. The Bertz CT molecular complexity index is 170. The highest BCUT2D eigenvalue weighted by molar-refractivity contribution is 6.50. The molecule has 0 atom stereocenters. The maximum atomic E-state index is 4.27. The Morgan fingerprint density at radius 3 is 2.70 bits per heavy atom. The molecule has 1 nitrogen and oxygen atoms in total. The summed E-state index contributed by atoms with van der Waals surface area (Å²) in [5.74, 6) is 0. The van der Waals surface area contributed by atoms with Crippen LogP contribution in [-0.2, 0) is 6.42 Å². The average Bonchev–Trinajstić information content (AvgIpc) is 2.05. The van der Waals surface area contributed by atoms with Gasteiger partial charge < -0.3 is 0 Å². The van der Waals surface area contributed by atoms with Crippen molar-refractivity contribution < 1.29 is 0 Å². The Kier molecular flexibility index (Phi) is 2.49. The van der Waals surface area contributed by atoms with Gasteiger partial charge in [0.05, 0.1) is 0 Å². The van der Waals surface area contributed by atoms with E-state index in [4.69, 9.17) is 0 Å². The Morgan fingerprint density at radius 2 is 2.30 bits per heavy atom. The first-order valence-corrected chi connectivity index (χ1v) is 3.80. The van der Waals surface area contributed by atoms with Crippen LogP contribution in [0.2, 0.25) is 6.82 Å². The lowest BCUT2D eigenvalue weighted by molar-refractivity contribution is 1.11. The van der Waals surface area contributed by atoms with E-state index in [2.05, 4.69) is 30.9 Å². The van der Waals surface area contributed by atoms with Gasteiger partial charge in [-0.05, 0) is 17.6 Å². The van der Waals surface area contributed by atoms with Crippen LogP contribution in [0.3, 0.4) is 0 Å². The molecule has 2 heteroatoms. The van der Waals surface area contributed by atoms with Gasteiger partial charge in [-0.1, -0.05) is 25.9 Å². The molecule has 0 aliphatic carbocycles. The third-order valence-corrected chi connectivity index (χ3v) is 1.66. The van der Waals surface area contributed by atoms with Gasteiger partial charge in [0.25, 0.3) is 0 Å². The molecular formula is C8H12BN. The smallest absolute Gasteiger partial charge is 0.179 e. The average molecular weight is 133 g/mol. The van der Waals surface area contributed by atoms with E-state index in [0.29, 0.717) is 0 Å². The highest BCUT2D eigenvalue weighted by atomic mass is 14.6. The highest BCUT2D eigenvalue weighted by Crippen LogP contribution is 1.93. The van der Waals surface area contributed by atoms with Crippen molar-refractivity contribution in [2.24, 2.45) is 0 Å². The lowest BCUT2D eigenvalue weighted by Crippen LogP contribution is -2.14. The minimum absolute atomic E-state index is 1.03. The minimum atomic E-state index is 1.03. The zero-order chi connectivity index (χ0) is 7.40. The van der Waals surface area contributed by atoms with E-state index in [-0.39, 0.29) is 0 Å². The van der Waals surface area contributed by atoms with Gasteiger partial charge in [0.1, 0.15) is 0 Å². The molecule has 0 unspecified atom stereocenters. The summed E-state index contributed by atoms with van der Waals surface area (Å²) in [5, 5.41) is 0. The SMILES string of the molecule is CBc1ccc(CC)cn1. The van der Waals surface area contributed by atoms with Crippen LogP contribution in [0.5, 0.6) is 0 Å². The van der Waals surface area contributed by atoms with Crippen molar-refractivity contribution in [2.45, 2.75) is 20.2 Å². The van der Waals surface area contributed by atoms with Gasteiger partial charge in [-0.25, -0.2) is 0 Å². The monoisotopic (exact) mass is 133 g/mol. The van der Waals surface area contributed by atoms with Crippen molar-refractivity contribution in [3.63, 3.8) is 0 Å². The number of nitrogens with zero attached hydrogens (tertiary/aromatic N) is 1. The number of aromatic nitrogens is 1. The molecule has 1 heterocycles. The van der Waals surface area contributed by atoms with Gasteiger partial charge in [0.2, 0.25) is 0 Å². The van der Waals surface area contributed by atoms with Crippen molar-refractivity contribution in [1.82, 2.24) is 4.98 Å². The minimum Gasteiger partial charge on any atom is -0.271 e. The summed E-state index contributed by atoms with van der Waals surface area (Å²) in [6.07, 6.45) is 3.04. The fourth-order valence-electron chi connectivity index (χ4n) is 0.873. The Hall–Kier alpha value is -0.785. The molecule has 0 bridgehead atoms. The van der Waals surface area contributed by atoms with E-state index in [1.54, 1.807) is 0 Å². The summed E-state index contributed by atoms with van der Waals surface area (Å²) in [5.41, 5.74) is 2.49. The van der Waals surface area contributed by atoms with Crippen LogP contribution in [0.4, 0.5) is 0 Å². The van der Waals surface area contributed by atoms with Gasteiger partial charge >= 0.3 is 0 Å². The third-order valence-electron chi connectivity index (χ3n) is 1.66. The van der Waals surface area contributed by atoms with Gasteiger partial charge in [0.15, 0.2) is 7.28 Å². The summed E-state index contributed by atoms with van der Waals surface area (Å²) in [6, 6.07) is 4.24. The molecule has 1 aromatic heterocycles. The second kappa shape index (κ2) is 3.40. The van der Waals surface area contributed by atoms with Crippen LogP contribution in [0.15, 0.2) is 18.3 Å². The number of aryl methyl sites for hydroxylation is 1. The molecular weight excluding hydrogens is 121 g/mol. The first-order chi connectivity index (χ1) is 4.86. The van der Waals surface area contributed by atoms with Crippen LogP contribution in [-0.4, -0.2) is 12.3 Å².